The lowest BCUT2D eigenvalue weighted by Crippen LogP contribution is -2.23. The second-order valence-electron chi connectivity index (χ2n) is 4.15. The monoisotopic (exact) mass is 283 g/mol. The molecule has 0 unspecified atom stereocenters. The molecule has 1 N–H and O–H groups in total. The first-order valence-corrected chi connectivity index (χ1v) is 8.02. The van der Waals surface area contributed by atoms with E-state index in [0.29, 0.717) is 13.0 Å². The number of hydrogen-bond acceptors (Lipinski definition) is 4. The summed E-state index contributed by atoms with van der Waals surface area (Å²) < 4.78 is 2.09. The van der Waals surface area contributed by atoms with Crippen molar-refractivity contribution in [1.29, 1.82) is 0 Å². The van der Waals surface area contributed by atoms with Gasteiger partial charge in [-0.25, -0.2) is 4.98 Å². The first-order valence-electron chi connectivity index (χ1n) is 5.81. The number of thioether (sulfide) groups is 1. The number of carbonyl (C=O) groups excluding carboxylic acids is 1. The van der Waals surface area contributed by atoms with Gasteiger partial charge in [0.15, 0.2) is 4.96 Å². The molecule has 98 valence electrons. The van der Waals surface area contributed by atoms with Crippen molar-refractivity contribution < 1.29 is 4.79 Å². The lowest BCUT2D eigenvalue weighted by atomic mass is 10.4. The van der Waals surface area contributed by atoms with Gasteiger partial charge >= 0.3 is 0 Å². The average molecular weight is 283 g/mol. The van der Waals surface area contributed by atoms with Crippen LogP contribution in [0.4, 0.5) is 0 Å². The zero-order valence-electron chi connectivity index (χ0n) is 10.8. The normalized spacial score (nSPS) is 11.1. The summed E-state index contributed by atoms with van der Waals surface area (Å²) in [4.78, 5) is 18.3. The molecule has 0 aliphatic heterocycles. The zero-order chi connectivity index (χ0) is 13.1. The van der Waals surface area contributed by atoms with E-state index >= 15 is 0 Å². The predicted molar refractivity (Wildman–Crippen MR) is 77.4 cm³/mol. The maximum atomic E-state index is 11.5. The third-order valence-corrected chi connectivity index (χ3v) is 4.52. The maximum Gasteiger partial charge on any atom is 0.221 e. The van der Waals surface area contributed by atoms with Crippen molar-refractivity contribution in [3.63, 3.8) is 0 Å². The molecule has 0 saturated carbocycles. The van der Waals surface area contributed by atoms with Crippen LogP contribution in [-0.4, -0.2) is 27.3 Å². The molecule has 0 fully saturated rings. The highest BCUT2D eigenvalue weighted by atomic mass is 32.2. The number of carbonyl (C=O) groups is 1. The van der Waals surface area contributed by atoms with Gasteiger partial charge in [-0.2, -0.15) is 11.8 Å². The van der Waals surface area contributed by atoms with E-state index in [1.165, 1.54) is 10.6 Å². The highest BCUT2D eigenvalue weighted by Gasteiger charge is 2.09. The van der Waals surface area contributed by atoms with Crippen molar-refractivity contribution in [3.8, 4) is 0 Å². The van der Waals surface area contributed by atoms with Gasteiger partial charge in [0.25, 0.3) is 0 Å². The molecule has 0 aromatic carbocycles. The molecule has 2 aromatic rings. The van der Waals surface area contributed by atoms with E-state index in [-0.39, 0.29) is 5.91 Å². The molecule has 0 saturated heterocycles. The molecule has 0 atom stereocenters. The molecular formula is C12H17N3OS2. The van der Waals surface area contributed by atoms with Gasteiger partial charge in [0.2, 0.25) is 5.91 Å². The number of amides is 1. The Labute approximate surface area is 115 Å². The van der Waals surface area contributed by atoms with E-state index in [9.17, 15) is 4.79 Å². The summed E-state index contributed by atoms with van der Waals surface area (Å²) in [5.41, 5.74) is 2.14. The van der Waals surface area contributed by atoms with Gasteiger partial charge in [0, 0.05) is 28.9 Å². The Kier molecular flexibility index (Phi) is 4.29. The van der Waals surface area contributed by atoms with Crippen LogP contribution in [-0.2, 0) is 11.3 Å². The topological polar surface area (TPSA) is 46.4 Å². The first kappa shape index (κ1) is 13.4. The Morgan fingerprint density at radius 1 is 1.56 bits per heavy atom. The lowest BCUT2D eigenvalue weighted by molar-refractivity contribution is -0.120. The third kappa shape index (κ3) is 2.87. The SMILES string of the molecule is CSCCC(=O)NCc1cn2c(C)c(C)sc2n1. The summed E-state index contributed by atoms with van der Waals surface area (Å²) in [7, 11) is 0. The molecule has 4 nitrogen and oxygen atoms in total. The van der Waals surface area contributed by atoms with Crippen LogP contribution in [0.15, 0.2) is 6.20 Å². The van der Waals surface area contributed by atoms with Crippen molar-refractivity contribution in [1.82, 2.24) is 14.7 Å². The van der Waals surface area contributed by atoms with Crippen molar-refractivity contribution in [2.24, 2.45) is 0 Å². The smallest absolute Gasteiger partial charge is 0.221 e. The van der Waals surface area contributed by atoms with Crippen molar-refractivity contribution in [3.05, 3.63) is 22.5 Å². The molecule has 6 heteroatoms. The minimum absolute atomic E-state index is 0.0913. The standard InChI is InChI=1S/C12H17N3OS2/c1-8-9(2)18-12-14-10(7-15(8)12)6-13-11(16)4-5-17-3/h7H,4-6H2,1-3H3,(H,13,16). The quantitative estimate of drug-likeness (QED) is 0.916. The van der Waals surface area contributed by atoms with Crippen LogP contribution in [0.5, 0.6) is 0 Å². The van der Waals surface area contributed by atoms with Crippen LogP contribution >= 0.6 is 23.1 Å². The molecular weight excluding hydrogens is 266 g/mol. The highest BCUT2D eigenvalue weighted by Crippen LogP contribution is 2.21. The molecule has 0 bridgehead atoms. The van der Waals surface area contributed by atoms with E-state index in [0.717, 1.165) is 16.4 Å². The number of fused-ring (bicyclic) bond motifs is 1. The summed E-state index contributed by atoms with van der Waals surface area (Å²) in [6.07, 6.45) is 4.58. The molecule has 0 radical (unpaired) electrons. The van der Waals surface area contributed by atoms with Crippen LogP contribution < -0.4 is 5.32 Å². The predicted octanol–water partition coefficient (Wildman–Crippen LogP) is 2.38. The Morgan fingerprint density at radius 3 is 3.00 bits per heavy atom. The molecule has 1 amide bonds. The fourth-order valence-electron chi connectivity index (χ4n) is 1.66. The minimum Gasteiger partial charge on any atom is -0.350 e. The van der Waals surface area contributed by atoms with Crippen molar-refractivity contribution in [2.45, 2.75) is 26.8 Å². The fraction of sp³-hybridized carbons (Fsp3) is 0.500. The van der Waals surface area contributed by atoms with Gasteiger partial charge in [-0.15, -0.1) is 11.3 Å². The number of rotatable bonds is 5. The number of aromatic nitrogens is 2. The van der Waals surface area contributed by atoms with Crippen LogP contribution in [0.3, 0.4) is 0 Å². The largest absolute Gasteiger partial charge is 0.350 e. The Hall–Kier alpha value is -1.01. The summed E-state index contributed by atoms with van der Waals surface area (Å²) in [5, 5.41) is 2.90. The molecule has 2 heterocycles. The molecule has 0 spiro atoms. The zero-order valence-corrected chi connectivity index (χ0v) is 12.5. The van der Waals surface area contributed by atoms with E-state index in [4.69, 9.17) is 0 Å². The Balaban J connectivity index is 1.98. The summed E-state index contributed by atoms with van der Waals surface area (Å²) >= 11 is 3.36. The second kappa shape index (κ2) is 5.75. The van der Waals surface area contributed by atoms with Gasteiger partial charge in [-0.3, -0.25) is 9.20 Å². The van der Waals surface area contributed by atoms with Gasteiger partial charge in [0.05, 0.1) is 12.2 Å². The number of aryl methyl sites for hydroxylation is 2. The van der Waals surface area contributed by atoms with Crippen LogP contribution in [0.1, 0.15) is 22.7 Å². The molecule has 0 aliphatic rings. The Bertz CT molecular complexity index is 559. The second-order valence-corrected chi connectivity index (χ2v) is 6.32. The number of thiazole rings is 1. The number of hydrogen-bond donors (Lipinski definition) is 1. The summed E-state index contributed by atoms with van der Waals surface area (Å²) in [5.74, 6) is 0.955. The van der Waals surface area contributed by atoms with Crippen molar-refractivity contribution >= 4 is 34.0 Å². The first-order chi connectivity index (χ1) is 8.61. The van der Waals surface area contributed by atoms with Crippen LogP contribution in [0.2, 0.25) is 0 Å². The fourth-order valence-corrected chi connectivity index (χ4v) is 3.02. The number of nitrogens with one attached hydrogen (secondary N) is 1. The van der Waals surface area contributed by atoms with E-state index in [1.54, 1.807) is 23.1 Å². The molecule has 0 aliphatic carbocycles. The van der Waals surface area contributed by atoms with Crippen LogP contribution in [0.25, 0.3) is 4.96 Å². The number of imidazole rings is 1. The third-order valence-electron chi connectivity index (χ3n) is 2.84. The van der Waals surface area contributed by atoms with Crippen molar-refractivity contribution in [2.75, 3.05) is 12.0 Å². The van der Waals surface area contributed by atoms with E-state index < -0.39 is 0 Å². The molecule has 18 heavy (non-hydrogen) atoms. The van der Waals surface area contributed by atoms with Crippen LogP contribution in [0, 0.1) is 13.8 Å². The number of nitrogens with zero attached hydrogens (tertiary/aromatic N) is 2. The van der Waals surface area contributed by atoms with Gasteiger partial charge in [-0.05, 0) is 20.1 Å². The van der Waals surface area contributed by atoms with E-state index in [1.807, 2.05) is 12.5 Å². The van der Waals surface area contributed by atoms with Gasteiger partial charge in [0.1, 0.15) is 0 Å². The molecule has 2 rings (SSSR count). The van der Waals surface area contributed by atoms with Gasteiger partial charge < -0.3 is 5.32 Å². The minimum atomic E-state index is 0.0913. The Morgan fingerprint density at radius 2 is 2.33 bits per heavy atom. The van der Waals surface area contributed by atoms with Gasteiger partial charge in [-0.1, -0.05) is 0 Å². The van der Waals surface area contributed by atoms with E-state index in [2.05, 4.69) is 28.5 Å². The maximum absolute atomic E-state index is 11.5. The molecule has 2 aromatic heterocycles. The lowest BCUT2D eigenvalue weighted by Gasteiger charge is -2.01. The summed E-state index contributed by atoms with van der Waals surface area (Å²) in [6.45, 7) is 4.69. The summed E-state index contributed by atoms with van der Waals surface area (Å²) in [6, 6.07) is 0. The highest BCUT2D eigenvalue weighted by molar-refractivity contribution is 7.98. The average Bonchev–Trinajstić information content (AvgIpc) is 2.85.